The molecular weight excluding hydrogens is 491 g/mol. The zero-order valence-electron chi connectivity index (χ0n) is 18.9. The third kappa shape index (κ3) is 9.07. The molecule has 0 heterocycles. The summed E-state index contributed by atoms with van der Waals surface area (Å²) < 4.78 is 0. The second kappa shape index (κ2) is 15.5. The first-order valence-electron chi connectivity index (χ1n) is 11.2. The molecular formula is C26H42Hf-2. The molecule has 0 saturated heterocycles. The van der Waals surface area contributed by atoms with Crippen molar-refractivity contribution in [2.45, 2.75) is 106 Å². The van der Waals surface area contributed by atoms with Gasteiger partial charge in [0.15, 0.2) is 0 Å². The summed E-state index contributed by atoms with van der Waals surface area (Å²) in [4.78, 5) is 0. The minimum atomic E-state index is 0. The van der Waals surface area contributed by atoms with Crippen molar-refractivity contribution in [3.63, 3.8) is 0 Å². The van der Waals surface area contributed by atoms with Crippen LogP contribution in [0.4, 0.5) is 0 Å². The first-order valence-corrected chi connectivity index (χ1v) is 11.2. The predicted molar refractivity (Wildman–Crippen MR) is 119 cm³/mol. The van der Waals surface area contributed by atoms with Crippen molar-refractivity contribution in [3.8, 4) is 0 Å². The normalized spacial score (nSPS) is 10.3. The molecule has 0 atom stereocenters. The molecule has 0 spiro atoms. The molecule has 2 aromatic rings. The minimum Gasteiger partial charge on any atom is -0.207 e. The molecule has 152 valence electrons. The Balaban J connectivity index is 0.000000483. The first-order chi connectivity index (χ1) is 12.6. The summed E-state index contributed by atoms with van der Waals surface area (Å²) in [7, 11) is 0. The van der Waals surface area contributed by atoms with E-state index < -0.39 is 0 Å². The Morgan fingerprint density at radius 2 is 1.00 bits per heavy atom. The fourth-order valence-electron chi connectivity index (χ4n) is 3.72. The second-order valence-electron chi connectivity index (χ2n) is 7.45. The molecule has 0 aliphatic carbocycles. The van der Waals surface area contributed by atoms with Crippen molar-refractivity contribution in [1.82, 2.24) is 0 Å². The van der Waals surface area contributed by atoms with Gasteiger partial charge in [0, 0.05) is 25.8 Å². The first kappa shape index (κ1) is 26.6. The van der Waals surface area contributed by atoms with Gasteiger partial charge in [0.2, 0.25) is 0 Å². The van der Waals surface area contributed by atoms with Crippen LogP contribution in [0, 0.1) is 0 Å². The van der Waals surface area contributed by atoms with E-state index in [1.54, 1.807) is 33.4 Å². The van der Waals surface area contributed by atoms with E-state index in [1.165, 1.54) is 64.2 Å². The molecule has 0 nitrogen and oxygen atoms in total. The zero-order chi connectivity index (χ0) is 19.4. The smallest absolute Gasteiger partial charge is 0 e. The average Bonchev–Trinajstić information content (AvgIpc) is 3.27. The number of aryl methyl sites for hydroxylation is 6. The Labute approximate surface area is 188 Å². The van der Waals surface area contributed by atoms with Gasteiger partial charge in [-0.05, 0) is 0 Å². The maximum absolute atomic E-state index is 2.40. The van der Waals surface area contributed by atoms with Gasteiger partial charge in [-0.25, -0.2) is 12.1 Å². The van der Waals surface area contributed by atoms with Crippen LogP contribution in [-0.4, -0.2) is 0 Å². The van der Waals surface area contributed by atoms with Crippen molar-refractivity contribution in [2.24, 2.45) is 0 Å². The van der Waals surface area contributed by atoms with Gasteiger partial charge in [-0.1, -0.05) is 106 Å². The molecule has 0 fully saturated rings. The van der Waals surface area contributed by atoms with E-state index in [9.17, 15) is 0 Å². The topological polar surface area (TPSA) is 0 Å². The largest absolute Gasteiger partial charge is 0.207 e. The number of rotatable bonds is 10. The van der Waals surface area contributed by atoms with Gasteiger partial charge < -0.3 is 0 Å². The van der Waals surface area contributed by atoms with Gasteiger partial charge in [0.1, 0.15) is 0 Å². The van der Waals surface area contributed by atoms with Crippen LogP contribution in [-0.2, 0) is 64.4 Å². The van der Waals surface area contributed by atoms with Crippen molar-refractivity contribution in [3.05, 3.63) is 57.6 Å². The summed E-state index contributed by atoms with van der Waals surface area (Å²) in [6, 6.07) is 9.59. The quantitative estimate of drug-likeness (QED) is 0.217. The maximum Gasteiger partial charge on any atom is 0 e. The van der Waals surface area contributed by atoms with Crippen LogP contribution in [0.2, 0.25) is 0 Å². The minimum absolute atomic E-state index is 0. The average molecular weight is 533 g/mol. The van der Waals surface area contributed by atoms with E-state index in [0.717, 1.165) is 0 Å². The van der Waals surface area contributed by atoms with Crippen molar-refractivity contribution < 1.29 is 25.8 Å². The van der Waals surface area contributed by atoms with Gasteiger partial charge in [-0.2, -0.15) is 45.5 Å². The van der Waals surface area contributed by atoms with E-state index in [1.807, 2.05) is 0 Å². The predicted octanol–water partition coefficient (Wildman–Crippen LogP) is 7.74. The van der Waals surface area contributed by atoms with E-state index in [4.69, 9.17) is 0 Å². The number of hydrogen-bond acceptors (Lipinski definition) is 0. The molecule has 0 aliphatic rings. The third-order valence-electron chi connectivity index (χ3n) is 5.43. The second-order valence-corrected chi connectivity index (χ2v) is 7.45. The molecule has 0 aliphatic heterocycles. The molecule has 0 radical (unpaired) electrons. The summed E-state index contributed by atoms with van der Waals surface area (Å²) in [5.41, 5.74) is 9.36. The molecule has 2 aromatic carbocycles. The fraction of sp³-hybridized carbons (Fsp3) is 0.615. The molecule has 27 heavy (non-hydrogen) atoms. The zero-order valence-corrected chi connectivity index (χ0v) is 22.5. The Kier molecular flexibility index (Phi) is 15.2. The number of hydrogen-bond donors (Lipinski definition) is 0. The van der Waals surface area contributed by atoms with Crippen molar-refractivity contribution >= 4 is 0 Å². The Morgan fingerprint density at radius 1 is 0.630 bits per heavy atom. The molecule has 1 heteroatoms. The molecule has 0 saturated carbocycles. The van der Waals surface area contributed by atoms with Crippen molar-refractivity contribution in [2.75, 3.05) is 0 Å². The Morgan fingerprint density at radius 3 is 1.22 bits per heavy atom. The van der Waals surface area contributed by atoms with E-state index >= 15 is 0 Å². The Hall–Kier alpha value is -0.430. The molecule has 0 aromatic heterocycles. The summed E-state index contributed by atoms with van der Waals surface area (Å²) in [5, 5.41) is 0. The summed E-state index contributed by atoms with van der Waals surface area (Å²) >= 11 is 0. The molecule has 0 amide bonds. The number of unbranched alkanes of at least 4 members (excludes halogenated alkanes) is 2. The molecule has 2 rings (SSSR count). The van der Waals surface area contributed by atoms with Crippen LogP contribution in [0.15, 0.2) is 24.3 Å². The van der Waals surface area contributed by atoms with Crippen LogP contribution in [0.1, 0.15) is 101 Å². The molecule has 0 bridgehead atoms. The standard InChI is InChI=1S/2C13H21.Hf/c2*1-4-7-8-11-9-12(5-2)13(6-3)10-11;/h2*9-10H,4-8H2,1-3H3;/q2*-1;. The monoisotopic (exact) mass is 534 g/mol. The molecule has 0 unspecified atom stereocenters. The Bertz CT molecular complexity index is 503. The van der Waals surface area contributed by atoms with Crippen LogP contribution in [0.25, 0.3) is 0 Å². The van der Waals surface area contributed by atoms with Gasteiger partial charge in [-0.15, -0.1) is 0 Å². The van der Waals surface area contributed by atoms with E-state index in [2.05, 4.69) is 65.8 Å². The van der Waals surface area contributed by atoms with Crippen LogP contribution >= 0.6 is 0 Å². The summed E-state index contributed by atoms with van der Waals surface area (Å²) in [6.07, 6.45) is 12.6. The SMILES string of the molecule is CCCCc1cc(CC)[c-](CC)c1.CCCCc1cc(CC)[c-](CC)c1.[Hf]. The van der Waals surface area contributed by atoms with Crippen molar-refractivity contribution in [1.29, 1.82) is 0 Å². The van der Waals surface area contributed by atoms with Gasteiger partial charge >= 0.3 is 0 Å². The van der Waals surface area contributed by atoms with E-state index in [0.29, 0.717) is 0 Å². The van der Waals surface area contributed by atoms with Gasteiger partial charge in [0.25, 0.3) is 0 Å². The summed E-state index contributed by atoms with van der Waals surface area (Å²) in [6.45, 7) is 13.5. The summed E-state index contributed by atoms with van der Waals surface area (Å²) in [5.74, 6) is 0. The van der Waals surface area contributed by atoms with Crippen LogP contribution < -0.4 is 0 Å². The van der Waals surface area contributed by atoms with Crippen LogP contribution in [0.3, 0.4) is 0 Å². The van der Waals surface area contributed by atoms with Crippen LogP contribution in [0.5, 0.6) is 0 Å². The molecule has 0 N–H and O–H groups in total. The van der Waals surface area contributed by atoms with Gasteiger partial charge in [0.05, 0.1) is 0 Å². The maximum atomic E-state index is 2.40. The fourth-order valence-corrected chi connectivity index (χ4v) is 3.72. The third-order valence-corrected chi connectivity index (χ3v) is 5.43. The van der Waals surface area contributed by atoms with Gasteiger partial charge in [-0.3, -0.25) is 0 Å². The van der Waals surface area contributed by atoms with E-state index in [-0.39, 0.29) is 25.8 Å².